The molecule has 1 aromatic heterocycles. The monoisotopic (exact) mass is 463 g/mol. The fourth-order valence-corrected chi connectivity index (χ4v) is 5.72. The van der Waals surface area contributed by atoms with Gasteiger partial charge in [-0.15, -0.1) is 0 Å². The summed E-state index contributed by atoms with van der Waals surface area (Å²) in [5.41, 5.74) is 0.959. The first-order chi connectivity index (χ1) is 15.4. The van der Waals surface area contributed by atoms with Crippen LogP contribution in [-0.2, 0) is 21.3 Å². The molecule has 0 unspecified atom stereocenters. The average molecular weight is 464 g/mol. The van der Waals surface area contributed by atoms with E-state index in [-0.39, 0.29) is 10.9 Å². The summed E-state index contributed by atoms with van der Waals surface area (Å²) in [7, 11) is -2.14. The smallest absolute Gasteiger partial charge is 0.243 e. The zero-order chi connectivity index (χ0) is 22.6. The third-order valence-corrected chi connectivity index (χ3v) is 8.06. The number of benzene rings is 1. The Morgan fingerprint density at radius 3 is 2.75 bits per heavy atom. The summed E-state index contributed by atoms with van der Waals surface area (Å²) in [5.74, 6) is 0.187. The van der Waals surface area contributed by atoms with Crippen LogP contribution in [0.3, 0.4) is 0 Å². The van der Waals surface area contributed by atoms with Gasteiger partial charge in [-0.3, -0.25) is 4.90 Å². The maximum absolute atomic E-state index is 13.6. The van der Waals surface area contributed by atoms with Crippen LogP contribution in [0.1, 0.15) is 25.0 Å². The molecule has 0 saturated carbocycles. The normalized spacial score (nSPS) is 21.0. The number of likely N-dealkylation sites (tertiary alicyclic amines) is 1. The Labute approximate surface area is 189 Å². The lowest BCUT2D eigenvalue weighted by Gasteiger charge is -2.27. The van der Waals surface area contributed by atoms with Crippen LogP contribution < -0.4 is 4.90 Å². The number of ether oxygens (including phenoxy) is 1. The van der Waals surface area contributed by atoms with Crippen molar-refractivity contribution in [2.24, 2.45) is 0 Å². The highest BCUT2D eigenvalue weighted by atomic mass is 32.2. The molecule has 2 aromatic rings. The van der Waals surface area contributed by atoms with E-state index in [0.29, 0.717) is 26.2 Å². The average Bonchev–Trinajstić information content (AvgIpc) is 3.05. The fourth-order valence-electron chi connectivity index (χ4n) is 4.27. The molecule has 32 heavy (non-hydrogen) atoms. The van der Waals surface area contributed by atoms with Gasteiger partial charge in [-0.25, -0.2) is 22.8 Å². The first-order valence-electron chi connectivity index (χ1n) is 11.0. The van der Waals surface area contributed by atoms with E-state index in [4.69, 9.17) is 9.72 Å². The number of aromatic nitrogens is 2. The molecule has 4 rings (SSSR count). The molecule has 1 atom stereocenters. The lowest BCUT2D eigenvalue weighted by Crippen LogP contribution is -2.38. The molecule has 0 radical (unpaired) electrons. The van der Waals surface area contributed by atoms with Crippen molar-refractivity contribution < 1.29 is 17.5 Å². The number of nitrogens with zero attached hydrogens (tertiary/aromatic N) is 5. The number of hydrogen-bond acceptors (Lipinski definition) is 7. The molecule has 2 fully saturated rings. The van der Waals surface area contributed by atoms with Crippen molar-refractivity contribution in [3.8, 4) is 0 Å². The van der Waals surface area contributed by atoms with Crippen LogP contribution in [0.5, 0.6) is 0 Å². The van der Waals surface area contributed by atoms with Gasteiger partial charge in [0.05, 0.1) is 23.8 Å². The summed E-state index contributed by atoms with van der Waals surface area (Å²) in [6.07, 6.45) is 4.17. The summed E-state index contributed by atoms with van der Waals surface area (Å²) in [4.78, 5) is 13.6. The maximum Gasteiger partial charge on any atom is 0.243 e. The topological polar surface area (TPSA) is 78.9 Å². The summed E-state index contributed by atoms with van der Waals surface area (Å²) in [6, 6.07) is 7.02. The van der Waals surface area contributed by atoms with Crippen LogP contribution in [0.25, 0.3) is 0 Å². The molecule has 0 amide bonds. The van der Waals surface area contributed by atoms with Crippen LogP contribution in [0.15, 0.2) is 41.4 Å². The van der Waals surface area contributed by atoms with Gasteiger partial charge >= 0.3 is 0 Å². The van der Waals surface area contributed by atoms with Gasteiger partial charge in [-0.05, 0) is 50.1 Å². The molecular weight excluding hydrogens is 433 g/mol. The van der Waals surface area contributed by atoms with Gasteiger partial charge in [0, 0.05) is 45.5 Å². The summed E-state index contributed by atoms with van der Waals surface area (Å²) >= 11 is 0. The molecule has 2 aliphatic rings. The van der Waals surface area contributed by atoms with Crippen molar-refractivity contribution in [3.63, 3.8) is 0 Å². The first kappa shape index (κ1) is 23.0. The zero-order valence-electron chi connectivity index (χ0n) is 18.4. The molecule has 174 valence electrons. The van der Waals surface area contributed by atoms with E-state index >= 15 is 0 Å². The predicted molar refractivity (Wildman–Crippen MR) is 119 cm³/mol. The number of sulfonamides is 1. The predicted octanol–water partition coefficient (Wildman–Crippen LogP) is 2.13. The lowest BCUT2D eigenvalue weighted by atomic mass is 10.1. The van der Waals surface area contributed by atoms with Gasteiger partial charge in [0.2, 0.25) is 16.0 Å². The Morgan fingerprint density at radius 1 is 1.16 bits per heavy atom. The second kappa shape index (κ2) is 10.2. The van der Waals surface area contributed by atoms with E-state index < -0.39 is 15.8 Å². The summed E-state index contributed by atoms with van der Waals surface area (Å²) < 4.78 is 46.3. The Morgan fingerprint density at radius 2 is 1.97 bits per heavy atom. The highest BCUT2D eigenvalue weighted by Crippen LogP contribution is 2.24. The van der Waals surface area contributed by atoms with Crippen LogP contribution in [0, 0.1) is 5.82 Å². The van der Waals surface area contributed by atoms with E-state index in [0.717, 1.165) is 56.7 Å². The van der Waals surface area contributed by atoms with E-state index in [2.05, 4.69) is 14.8 Å². The van der Waals surface area contributed by atoms with E-state index in [9.17, 15) is 12.8 Å². The number of rotatable bonds is 6. The number of anilines is 1. The molecular formula is C22H30FN5O3S. The Balaban J connectivity index is 1.38. The van der Waals surface area contributed by atoms with E-state index in [1.54, 1.807) is 13.2 Å². The van der Waals surface area contributed by atoms with Gasteiger partial charge in [-0.1, -0.05) is 6.07 Å². The largest absolute Gasteiger partial charge is 0.378 e. The van der Waals surface area contributed by atoms with Crippen LogP contribution in [0.2, 0.25) is 0 Å². The fraction of sp³-hybridized carbons (Fsp3) is 0.545. The van der Waals surface area contributed by atoms with Gasteiger partial charge in [-0.2, -0.15) is 4.31 Å². The van der Waals surface area contributed by atoms with Crippen molar-refractivity contribution >= 4 is 16.0 Å². The van der Waals surface area contributed by atoms with Crippen molar-refractivity contribution in [3.05, 3.63) is 48.0 Å². The quantitative estimate of drug-likeness (QED) is 0.649. The summed E-state index contributed by atoms with van der Waals surface area (Å²) in [5, 5.41) is 0. The number of hydrogen-bond donors (Lipinski definition) is 0. The van der Waals surface area contributed by atoms with Crippen molar-refractivity contribution in [2.75, 3.05) is 51.3 Å². The molecule has 8 nitrogen and oxygen atoms in total. The van der Waals surface area contributed by atoms with Crippen LogP contribution in [0.4, 0.5) is 10.3 Å². The molecule has 3 heterocycles. The van der Waals surface area contributed by atoms with Crippen LogP contribution >= 0.6 is 0 Å². The molecule has 2 aliphatic heterocycles. The second-order valence-corrected chi connectivity index (χ2v) is 10.3. The van der Waals surface area contributed by atoms with E-state index in [1.807, 2.05) is 6.07 Å². The lowest BCUT2D eigenvalue weighted by molar-refractivity contribution is 0.122. The van der Waals surface area contributed by atoms with Crippen molar-refractivity contribution in [1.29, 1.82) is 0 Å². The Hall–Kier alpha value is -2.14. The van der Waals surface area contributed by atoms with Crippen molar-refractivity contribution in [2.45, 2.75) is 36.7 Å². The van der Waals surface area contributed by atoms with Crippen molar-refractivity contribution in [1.82, 2.24) is 19.2 Å². The number of morpholine rings is 1. The molecule has 1 aromatic carbocycles. The molecule has 10 heteroatoms. The molecule has 0 aliphatic carbocycles. The second-order valence-electron chi connectivity index (χ2n) is 8.29. The van der Waals surface area contributed by atoms with E-state index in [1.165, 1.54) is 22.5 Å². The Bertz CT molecular complexity index is 1020. The third kappa shape index (κ3) is 5.43. The molecule has 0 bridgehead atoms. The minimum Gasteiger partial charge on any atom is -0.378 e. The standard InChI is InChI=1S/C22H30FN5O3S/c1-26(32(29,30)21-6-2-4-18(23)16-21)20-5-3-10-27(11-8-20)17-19-7-9-24-22(25-19)28-12-14-31-15-13-28/h2,4,6-7,9,16,20H,3,5,8,10-15,17H2,1H3/t20-/m0/s1. The molecule has 2 saturated heterocycles. The Kier molecular flexibility index (Phi) is 7.34. The minimum absolute atomic E-state index is 0.00210. The van der Waals surface area contributed by atoms with Crippen LogP contribution in [-0.4, -0.2) is 80.1 Å². The van der Waals surface area contributed by atoms with Gasteiger partial charge in [0.1, 0.15) is 5.82 Å². The highest BCUT2D eigenvalue weighted by Gasteiger charge is 2.30. The molecule has 0 N–H and O–H groups in total. The molecule has 0 spiro atoms. The van der Waals surface area contributed by atoms with Gasteiger partial charge in [0.25, 0.3) is 0 Å². The number of halogens is 1. The zero-order valence-corrected chi connectivity index (χ0v) is 19.2. The third-order valence-electron chi connectivity index (χ3n) is 6.16. The highest BCUT2D eigenvalue weighted by molar-refractivity contribution is 7.89. The maximum atomic E-state index is 13.6. The summed E-state index contributed by atoms with van der Waals surface area (Å²) in [6.45, 7) is 5.31. The minimum atomic E-state index is -3.73. The first-order valence-corrected chi connectivity index (χ1v) is 12.5. The van der Waals surface area contributed by atoms with Gasteiger partial charge in [0.15, 0.2) is 0 Å². The SMILES string of the molecule is CN([C@H]1CCCN(Cc2ccnc(N3CCOCC3)n2)CC1)S(=O)(=O)c1cccc(F)c1. The van der Waals surface area contributed by atoms with Gasteiger partial charge < -0.3 is 9.64 Å².